The van der Waals surface area contributed by atoms with Crippen LogP contribution in [-0.4, -0.2) is 36.0 Å². The van der Waals surface area contributed by atoms with Gasteiger partial charge in [-0.15, -0.1) is 0 Å². The van der Waals surface area contributed by atoms with Crippen LogP contribution in [-0.2, 0) is 9.59 Å². The van der Waals surface area contributed by atoms with E-state index in [2.05, 4.69) is 12.2 Å². The average Bonchev–Trinajstić information content (AvgIpc) is 2.16. The summed E-state index contributed by atoms with van der Waals surface area (Å²) in [5.41, 5.74) is 5.57. The minimum atomic E-state index is -0.982. The fourth-order valence-corrected chi connectivity index (χ4v) is 1.27. The molecule has 0 aliphatic rings. The second-order valence-corrected chi connectivity index (χ2v) is 3.58. The summed E-state index contributed by atoms with van der Waals surface area (Å²) in [4.78, 5) is 21.0. The summed E-state index contributed by atoms with van der Waals surface area (Å²) in [6, 6.07) is -1.21. The van der Waals surface area contributed by atoms with Crippen LogP contribution in [0, 0.1) is 0 Å². The zero-order valence-corrected chi connectivity index (χ0v) is 9.11. The van der Waals surface area contributed by atoms with E-state index in [-0.39, 0.29) is 6.42 Å². The first kappa shape index (κ1) is 14.1. The van der Waals surface area contributed by atoms with Gasteiger partial charge in [-0.25, -0.2) is 0 Å². The number of unbranched alkanes of at least 4 members (excludes halogenated alkanes) is 2. The highest BCUT2D eigenvalue weighted by Gasteiger charge is 2.18. The van der Waals surface area contributed by atoms with E-state index in [1.54, 1.807) is 0 Å². The highest BCUT2D eigenvalue weighted by Crippen LogP contribution is 1.96. The zero-order chi connectivity index (χ0) is 11.7. The molecule has 15 heavy (non-hydrogen) atoms. The Kier molecular flexibility index (Phi) is 7.85. The topological polar surface area (TPSA) is 92.4 Å². The molecule has 2 atom stereocenters. The highest BCUT2D eigenvalue weighted by molar-refractivity contribution is 5.69. The van der Waals surface area contributed by atoms with Gasteiger partial charge in [0, 0.05) is 6.04 Å². The maximum Gasteiger partial charge on any atom is 0.304 e. The Morgan fingerprint density at radius 3 is 2.67 bits per heavy atom. The fraction of sp³-hybridized carbons (Fsp3) is 0.800. The van der Waals surface area contributed by atoms with Gasteiger partial charge in [-0.2, -0.15) is 0 Å². The molecular weight excluding hydrogens is 196 g/mol. The van der Waals surface area contributed by atoms with E-state index in [1.165, 1.54) is 0 Å². The maximum atomic E-state index is 10.7. The van der Waals surface area contributed by atoms with Gasteiger partial charge >= 0.3 is 5.97 Å². The minimum absolute atomic E-state index is 0.190. The van der Waals surface area contributed by atoms with Crippen LogP contribution in [0.4, 0.5) is 0 Å². The number of carbonyl (C=O) groups excluding carboxylic acids is 1. The summed E-state index contributed by atoms with van der Waals surface area (Å²) >= 11 is 0. The first-order valence-electron chi connectivity index (χ1n) is 5.27. The molecule has 0 aromatic heterocycles. The molecule has 1 unspecified atom stereocenters. The molecule has 5 heteroatoms. The van der Waals surface area contributed by atoms with Gasteiger partial charge in [-0.1, -0.05) is 19.8 Å². The van der Waals surface area contributed by atoms with Crippen molar-refractivity contribution in [3.63, 3.8) is 0 Å². The SMILES string of the molecule is CCCCCN[C@H](C=O)C(N)CC(=O)O. The van der Waals surface area contributed by atoms with Crippen LogP contribution in [0.5, 0.6) is 0 Å². The van der Waals surface area contributed by atoms with Crippen LogP contribution in [0.3, 0.4) is 0 Å². The smallest absolute Gasteiger partial charge is 0.304 e. The Hall–Kier alpha value is -0.940. The van der Waals surface area contributed by atoms with Crippen molar-refractivity contribution < 1.29 is 14.7 Å². The van der Waals surface area contributed by atoms with Gasteiger partial charge in [0.05, 0.1) is 12.5 Å². The van der Waals surface area contributed by atoms with E-state index in [4.69, 9.17) is 10.8 Å². The third kappa shape index (κ3) is 7.04. The maximum absolute atomic E-state index is 10.7. The molecule has 0 aromatic rings. The lowest BCUT2D eigenvalue weighted by atomic mass is 10.1. The third-order valence-electron chi connectivity index (χ3n) is 2.18. The quantitative estimate of drug-likeness (QED) is 0.376. The lowest BCUT2D eigenvalue weighted by Gasteiger charge is -2.18. The van der Waals surface area contributed by atoms with Gasteiger partial charge in [0.1, 0.15) is 6.29 Å². The molecule has 0 heterocycles. The van der Waals surface area contributed by atoms with Crippen LogP contribution < -0.4 is 11.1 Å². The molecule has 0 aliphatic heterocycles. The number of aliphatic carboxylic acids is 1. The Morgan fingerprint density at radius 2 is 2.20 bits per heavy atom. The number of carboxylic acid groups (broad SMARTS) is 1. The Morgan fingerprint density at radius 1 is 1.53 bits per heavy atom. The Balaban J connectivity index is 3.79. The average molecular weight is 216 g/mol. The fourth-order valence-electron chi connectivity index (χ4n) is 1.27. The van der Waals surface area contributed by atoms with Crippen molar-refractivity contribution in [2.24, 2.45) is 5.73 Å². The van der Waals surface area contributed by atoms with Crippen molar-refractivity contribution in [3.8, 4) is 0 Å². The molecular formula is C10H20N2O3. The Labute approximate surface area is 90.0 Å². The van der Waals surface area contributed by atoms with Crippen molar-refractivity contribution in [2.45, 2.75) is 44.7 Å². The number of carboxylic acids is 1. The van der Waals surface area contributed by atoms with Crippen molar-refractivity contribution in [2.75, 3.05) is 6.54 Å². The summed E-state index contributed by atoms with van der Waals surface area (Å²) in [5, 5.41) is 11.5. The van der Waals surface area contributed by atoms with Gasteiger partial charge in [0.25, 0.3) is 0 Å². The van der Waals surface area contributed by atoms with Crippen molar-refractivity contribution in [1.29, 1.82) is 0 Å². The molecule has 0 amide bonds. The Bertz CT molecular complexity index is 197. The lowest BCUT2D eigenvalue weighted by Crippen LogP contribution is -2.47. The monoisotopic (exact) mass is 216 g/mol. The highest BCUT2D eigenvalue weighted by atomic mass is 16.4. The van der Waals surface area contributed by atoms with Crippen molar-refractivity contribution in [1.82, 2.24) is 5.32 Å². The molecule has 0 saturated heterocycles. The largest absolute Gasteiger partial charge is 0.481 e. The lowest BCUT2D eigenvalue weighted by molar-refractivity contribution is -0.137. The molecule has 0 bridgehead atoms. The summed E-state index contributed by atoms with van der Waals surface area (Å²) < 4.78 is 0. The number of carbonyl (C=O) groups is 2. The number of hydrogen-bond acceptors (Lipinski definition) is 4. The van der Waals surface area contributed by atoms with E-state index in [0.29, 0.717) is 12.8 Å². The molecule has 88 valence electrons. The van der Waals surface area contributed by atoms with Gasteiger partial charge in [-0.05, 0) is 13.0 Å². The number of nitrogens with two attached hydrogens (primary N) is 1. The van der Waals surface area contributed by atoms with Crippen LogP contribution in [0.2, 0.25) is 0 Å². The summed E-state index contributed by atoms with van der Waals surface area (Å²) in [6.07, 6.45) is 3.66. The van der Waals surface area contributed by atoms with E-state index in [9.17, 15) is 9.59 Å². The number of rotatable bonds is 9. The summed E-state index contributed by atoms with van der Waals surface area (Å²) in [6.45, 7) is 2.79. The van der Waals surface area contributed by atoms with E-state index in [1.807, 2.05) is 0 Å². The van der Waals surface area contributed by atoms with Crippen LogP contribution >= 0.6 is 0 Å². The van der Waals surface area contributed by atoms with E-state index < -0.39 is 18.1 Å². The zero-order valence-electron chi connectivity index (χ0n) is 9.11. The van der Waals surface area contributed by atoms with Gasteiger partial charge in [0.15, 0.2) is 0 Å². The number of hydrogen-bond donors (Lipinski definition) is 3. The van der Waals surface area contributed by atoms with E-state index in [0.717, 1.165) is 19.3 Å². The van der Waals surface area contributed by atoms with Crippen LogP contribution in [0.25, 0.3) is 0 Å². The predicted octanol–water partition coefficient (Wildman–Crippen LogP) is 0.136. The standard InChI is InChI=1S/C10H20N2O3/c1-2-3-4-5-12-9(7-13)8(11)6-10(14)15/h7-9,12H,2-6,11H2,1H3,(H,14,15)/t8?,9-/m1/s1. The molecule has 0 saturated carbocycles. The molecule has 5 nitrogen and oxygen atoms in total. The molecule has 0 spiro atoms. The normalized spacial score (nSPS) is 14.5. The summed E-state index contributed by atoms with van der Waals surface area (Å²) in [7, 11) is 0. The third-order valence-corrected chi connectivity index (χ3v) is 2.18. The first-order valence-corrected chi connectivity index (χ1v) is 5.27. The second-order valence-electron chi connectivity index (χ2n) is 3.58. The van der Waals surface area contributed by atoms with E-state index >= 15 is 0 Å². The predicted molar refractivity (Wildman–Crippen MR) is 57.6 cm³/mol. The van der Waals surface area contributed by atoms with Crippen LogP contribution in [0.1, 0.15) is 32.6 Å². The number of aldehydes is 1. The molecule has 0 radical (unpaired) electrons. The molecule has 4 N–H and O–H groups in total. The van der Waals surface area contributed by atoms with Gasteiger partial charge < -0.3 is 21.0 Å². The van der Waals surface area contributed by atoms with Crippen LogP contribution in [0.15, 0.2) is 0 Å². The molecule has 0 aromatic carbocycles. The van der Waals surface area contributed by atoms with Crippen molar-refractivity contribution in [3.05, 3.63) is 0 Å². The molecule has 0 fully saturated rings. The second kappa shape index (κ2) is 8.38. The van der Waals surface area contributed by atoms with Gasteiger partial charge in [-0.3, -0.25) is 4.79 Å². The van der Waals surface area contributed by atoms with Crippen molar-refractivity contribution >= 4 is 12.3 Å². The molecule has 0 aliphatic carbocycles. The molecule has 0 rings (SSSR count). The number of nitrogens with one attached hydrogen (secondary N) is 1. The van der Waals surface area contributed by atoms with Gasteiger partial charge in [0.2, 0.25) is 0 Å². The minimum Gasteiger partial charge on any atom is -0.481 e. The first-order chi connectivity index (χ1) is 7.11. The summed E-state index contributed by atoms with van der Waals surface area (Å²) in [5.74, 6) is -0.982.